The number of rotatable bonds is 9. The minimum absolute atomic E-state index is 0.0875. The lowest BCUT2D eigenvalue weighted by molar-refractivity contribution is 0.255. The highest BCUT2D eigenvalue weighted by Crippen LogP contribution is 2.28. The average molecular weight is 573 g/mol. The normalized spacial score (nSPS) is 14.7. The van der Waals surface area contributed by atoms with Gasteiger partial charge in [-0.05, 0) is 67.4 Å². The lowest BCUT2D eigenvalue weighted by atomic mass is 10.1. The van der Waals surface area contributed by atoms with Crippen LogP contribution in [-0.4, -0.2) is 62.5 Å². The molecule has 0 bridgehead atoms. The molecular weight excluding hydrogens is 540 g/mol. The second-order valence-electron chi connectivity index (χ2n) is 10.2. The van der Waals surface area contributed by atoms with E-state index >= 15 is 0 Å². The Bertz CT molecular complexity index is 1810. The number of hydrogen-bond donors (Lipinski definition) is 3. The van der Waals surface area contributed by atoms with E-state index in [0.29, 0.717) is 42.2 Å². The number of nitrogens with two attached hydrogens (primary N) is 1. The number of nitrogens with zero attached hydrogens (tertiary/aromatic N) is 5. The molecule has 1 fully saturated rings. The van der Waals surface area contributed by atoms with Crippen LogP contribution in [0.5, 0.6) is 0 Å². The van der Waals surface area contributed by atoms with Crippen LogP contribution in [0.15, 0.2) is 89.2 Å². The molecule has 212 valence electrons. The molecule has 0 radical (unpaired) electrons. The first-order chi connectivity index (χ1) is 19.9. The van der Waals surface area contributed by atoms with E-state index in [1.807, 2.05) is 47.2 Å². The summed E-state index contributed by atoms with van der Waals surface area (Å²) in [5, 5.41) is 4.05. The van der Waals surface area contributed by atoms with E-state index in [1.165, 1.54) is 4.57 Å². The summed E-state index contributed by atoms with van der Waals surface area (Å²) < 4.78 is 33.1. The van der Waals surface area contributed by atoms with Gasteiger partial charge in [0.2, 0.25) is 10.0 Å². The minimum Gasteiger partial charge on any atom is -0.339 e. The third-order valence-corrected chi connectivity index (χ3v) is 9.51. The Kier molecular flexibility index (Phi) is 7.54. The molecule has 5 aromatic rings. The number of hydrogen-bond acceptors (Lipinski definition) is 7. The number of imidazole rings is 1. The molecule has 4 N–H and O–H groups in total. The number of fused-ring (bicyclic) bond motifs is 1. The van der Waals surface area contributed by atoms with Crippen molar-refractivity contribution in [3.63, 3.8) is 0 Å². The van der Waals surface area contributed by atoms with Crippen LogP contribution in [0, 0.1) is 0 Å². The van der Waals surface area contributed by atoms with Gasteiger partial charge in [-0.15, -0.1) is 0 Å². The summed E-state index contributed by atoms with van der Waals surface area (Å²) >= 11 is 0. The van der Waals surface area contributed by atoms with Gasteiger partial charge in [-0.1, -0.05) is 24.3 Å². The van der Waals surface area contributed by atoms with Gasteiger partial charge in [-0.3, -0.25) is 4.57 Å². The molecule has 3 aromatic heterocycles. The molecule has 12 heteroatoms. The molecule has 4 heterocycles. The third-order valence-electron chi connectivity index (χ3n) is 7.56. The maximum Gasteiger partial charge on any atom is 0.354 e. The molecule has 0 amide bonds. The molecular formula is C29H32N8O3S. The van der Waals surface area contributed by atoms with Gasteiger partial charge in [0.05, 0.1) is 16.9 Å². The molecule has 6 rings (SSSR count). The quantitative estimate of drug-likeness (QED) is 0.246. The van der Waals surface area contributed by atoms with Crippen LogP contribution in [0.25, 0.3) is 28.0 Å². The fourth-order valence-electron chi connectivity index (χ4n) is 5.31. The van der Waals surface area contributed by atoms with Gasteiger partial charge >= 0.3 is 5.69 Å². The fraction of sp³-hybridized carbons (Fsp3) is 0.276. The van der Waals surface area contributed by atoms with Crippen LogP contribution in [-0.2, 0) is 23.1 Å². The zero-order chi connectivity index (χ0) is 28.4. The van der Waals surface area contributed by atoms with Crippen LogP contribution in [0.3, 0.4) is 0 Å². The van der Waals surface area contributed by atoms with E-state index in [0.717, 1.165) is 36.9 Å². The predicted octanol–water partition coefficient (Wildman–Crippen LogP) is 2.48. The van der Waals surface area contributed by atoms with Gasteiger partial charge in [-0.25, -0.2) is 18.2 Å². The summed E-state index contributed by atoms with van der Waals surface area (Å²) in [4.78, 5) is 24.5. The summed E-state index contributed by atoms with van der Waals surface area (Å²) in [7, 11) is -3.79. The number of piperidine rings is 1. The Morgan fingerprint density at radius 3 is 2.61 bits per heavy atom. The molecule has 0 atom stereocenters. The van der Waals surface area contributed by atoms with Crippen molar-refractivity contribution in [3.05, 3.63) is 95.6 Å². The van der Waals surface area contributed by atoms with Crippen molar-refractivity contribution in [2.75, 3.05) is 19.6 Å². The fourth-order valence-corrected chi connectivity index (χ4v) is 7.04. The summed E-state index contributed by atoms with van der Waals surface area (Å²) in [5.41, 5.74) is 8.73. The predicted molar refractivity (Wildman–Crippen MR) is 157 cm³/mol. The van der Waals surface area contributed by atoms with E-state index in [-0.39, 0.29) is 10.9 Å². The molecule has 1 aliphatic heterocycles. The van der Waals surface area contributed by atoms with Crippen LogP contribution in [0.2, 0.25) is 0 Å². The van der Waals surface area contributed by atoms with Crippen molar-refractivity contribution in [2.24, 2.45) is 5.73 Å². The van der Waals surface area contributed by atoms with Crippen LogP contribution >= 0.6 is 0 Å². The lowest BCUT2D eigenvalue weighted by Gasteiger charge is -2.34. The second kappa shape index (κ2) is 11.4. The van der Waals surface area contributed by atoms with E-state index in [1.54, 1.807) is 41.2 Å². The van der Waals surface area contributed by atoms with Crippen molar-refractivity contribution >= 4 is 21.1 Å². The number of H-pyrrole nitrogens is 1. The first-order valence-corrected chi connectivity index (χ1v) is 15.1. The zero-order valence-corrected chi connectivity index (χ0v) is 23.3. The third kappa shape index (κ3) is 5.59. The number of aromatic nitrogens is 5. The Morgan fingerprint density at radius 1 is 1.07 bits per heavy atom. The van der Waals surface area contributed by atoms with Gasteiger partial charge in [-0.2, -0.15) is 9.29 Å². The van der Waals surface area contributed by atoms with Crippen LogP contribution < -0.4 is 16.7 Å². The van der Waals surface area contributed by atoms with Gasteiger partial charge in [0.25, 0.3) is 0 Å². The lowest BCUT2D eigenvalue weighted by Crippen LogP contribution is -2.47. The van der Waals surface area contributed by atoms with Crippen molar-refractivity contribution in [1.82, 2.24) is 33.7 Å². The summed E-state index contributed by atoms with van der Waals surface area (Å²) in [6.07, 6.45) is 8.47. The molecule has 0 saturated carbocycles. The Hall–Kier alpha value is -4.10. The molecule has 0 unspecified atom stereocenters. The largest absolute Gasteiger partial charge is 0.354 e. The zero-order valence-electron chi connectivity index (χ0n) is 22.5. The highest BCUT2D eigenvalue weighted by Gasteiger charge is 2.32. The van der Waals surface area contributed by atoms with Crippen LogP contribution in [0.4, 0.5) is 0 Å². The molecule has 41 heavy (non-hydrogen) atoms. The van der Waals surface area contributed by atoms with Crippen molar-refractivity contribution in [2.45, 2.75) is 36.9 Å². The number of sulfonamides is 1. The first-order valence-electron chi connectivity index (χ1n) is 13.6. The summed E-state index contributed by atoms with van der Waals surface area (Å²) in [5.74, 6) is 0. The molecule has 11 nitrogen and oxygen atoms in total. The standard InChI is InChI=1S/C29H32N8O3S/c30-18-21-4-6-24(7-5-21)36-19-23-17-27(33-28(23)34-29(36)38)22-2-1-3-26(16-22)41(39,40)37(25-8-10-31-11-9-25)15-14-35-13-12-32-20-35/h1-7,12-13,16-17,19-20,25,31H,8-11,14-15,18,30H2,(H,33,34,38). The van der Waals surface area contributed by atoms with Gasteiger partial charge < -0.3 is 20.6 Å². The van der Waals surface area contributed by atoms with Gasteiger partial charge in [0, 0.05) is 55.3 Å². The molecule has 2 aromatic carbocycles. The van der Waals surface area contributed by atoms with Crippen molar-refractivity contribution in [3.8, 4) is 16.9 Å². The molecule has 1 saturated heterocycles. The number of aromatic amines is 1. The maximum absolute atomic E-state index is 14.0. The second-order valence-corrected chi connectivity index (χ2v) is 12.1. The highest BCUT2D eigenvalue weighted by molar-refractivity contribution is 7.89. The highest BCUT2D eigenvalue weighted by atomic mass is 32.2. The molecule has 0 spiro atoms. The van der Waals surface area contributed by atoms with Gasteiger partial charge in [0.15, 0.2) is 0 Å². The van der Waals surface area contributed by atoms with Crippen LogP contribution in [0.1, 0.15) is 18.4 Å². The topological polar surface area (TPSA) is 144 Å². The Labute approximate surface area is 237 Å². The molecule has 1 aliphatic rings. The Balaban J connectivity index is 1.32. The minimum atomic E-state index is -3.79. The SMILES string of the molecule is NCc1ccc(-n2cc3cc(-c4cccc(S(=O)(=O)N(CCn5ccnc5)C5CCNCC5)c4)[nH]c3nc2=O)cc1. The number of benzene rings is 2. The smallest absolute Gasteiger partial charge is 0.339 e. The van der Waals surface area contributed by atoms with E-state index in [4.69, 9.17) is 5.73 Å². The monoisotopic (exact) mass is 572 g/mol. The number of nitrogens with one attached hydrogen (secondary N) is 2. The van der Waals surface area contributed by atoms with E-state index < -0.39 is 15.7 Å². The van der Waals surface area contributed by atoms with Crippen molar-refractivity contribution < 1.29 is 8.42 Å². The maximum atomic E-state index is 14.0. The first kappa shape index (κ1) is 27.1. The Morgan fingerprint density at radius 2 is 1.88 bits per heavy atom. The summed E-state index contributed by atoms with van der Waals surface area (Å²) in [6.45, 7) is 2.85. The molecule has 0 aliphatic carbocycles. The summed E-state index contributed by atoms with van der Waals surface area (Å²) in [6, 6.07) is 16.1. The average Bonchev–Trinajstić information content (AvgIpc) is 3.67. The van der Waals surface area contributed by atoms with E-state index in [2.05, 4.69) is 20.3 Å². The van der Waals surface area contributed by atoms with Crippen molar-refractivity contribution in [1.29, 1.82) is 0 Å². The van der Waals surface area contributed by atoms with Gasteiger partial charge in [0.1, 0.15) is 5.65 Å². The van der Waals surface area contributed by atoms with E-state index in [9.17, 15) is 13.2 Å².